The molecule has 1 aliphatic heterocycles. The number of aliphatic imine (C=N–C) groups is 1. The Kier molecular flexibility index (Phi) is 3.53. The fraction of sp³-hybridized carbons (Fsp3) is 0.105. The molecule has 0 unspecified atom stereocenters. The van der Waals surface area contributed by atoms with Crippen molar-refractivity contribution in [3.05, 3.63) is 65.3 Å². The van der Waals surface area contributed by atoms with Gasteiger partial charge in [0.05, 0.1) is 28.2 Å². The molecular formula is C19H14FN5S. The summed E-state index contributed by atoms with van der Waals surface area (Å²) in [5.41, 5.74) is 2.85. The zero-order valence-electron chi connectivity index (χ0n) is 13.7. The lowest BCUT2D eigenvalue weighted by atomic mass is 10.2. The summed E-state index contributed by atoms with van der Waals surface area (Å²) in [6.07, 6.45) is 0. The minimum Gasteiger partial charge on any atom is -0.368 e. The first-order valence-electron chi connectivity index (χ1n) is 8.28. The van der Waals surface area contributed by atoms with Gasteiger partial charge < -0.3 is 5.32 Å². The van der Waals surface area contributed by atoms with Crippen LogP contribution in [0, 0.1) is 5.82 Å². The Morgan fingerprint density at radius 2 is 1.96 bits per heavy atom. The molecule has 4 aromatic rings. The molecule has 4 heterocycles. The van der Waals surface area contributed by atoms with Crippen molar-refractivity contribution in [2.75, 3.05) is 13.1 Å². The molecule has 128 valence electrons. The second-order valence-electron chi connectivity index (χ2n) is 5.92. The molecule has 1 N–H and O–H groups in total. The Balaban J connectivity index is 1.79. The van der Waals surface area contributed by atoms with E-state index < -0.39 is 0 Å². The number of hydrogen-bond donors (Lipinski definition) is 1. The number of fused-ring (bicyclic) bond motifs is 1. The Bertz CT molecular complexity index is 1130. The summed E-state index contributed by atoms with van der Waals surface area (Å²) < 4.78 is 16.0. The van der Waals surface area contributed by atoms with Crippen molar-refractivity contribution in [3.8, 4) is 22.0 Å². The van der Waals surface area contributed by atoms with E-state index in [1.807, 2.05) is 29.6 Å². The number of pyridine rings is 1. The topological polar surface area (TPSA) is 54.6 Å². The van der Waals surface area contributed by atoms with Crippen LogP contribution >= 0.6 is 11.3 Å². The van der Waals surface area contributed by atoms with E-state index in [9.17, 15) is 4.39 Å². The maximum atomic E-state index is 14.3. The number of hydrogen-bond acceptors (Lipinski definition) is 5. The molecule has 0 aliphatic carbocycles. The van der Waals surface area contributed by atoms with Crippen molar-refractivity contribution in [1.29, 1.82) is 0 Å². The highest BCUT2D eigenvalue weighted by atomic mass is 32.1. The van der Waals surface area contributed by atoms with Crippen molar-refractivity contribution in [1.82, 2.24) is 19.9 Å². The summed E-state index contributed by atoms with van der Waals surface area (Å²) in [5.74, 6) is 0.839. The molecule has 7 heteroatoms. The molecule has 0 fully saturated rings. The maximum absolute atomic E-state index is 14.3. The molecule has 0 saturated heterocycles. The van der Waals surface area contributed by atoms with Crippen LogP contribution < -0.4 is 5.32 Å². The zero-order chi connectivity index (χ0) is 17.5. The van der Waals surface area contributed by atoms with Crippen LogP contribution in [0.4, 0.5) is 4.39 Å². The lowest BCUT2D eigenvalue weighted by Crippen LogP contribution is -2.20. The van der Waals surface area contributed by atoms with E-state index in [0.29, 0.717) is 17.0 Å². The van der Waals surface area contributed by atoms with Gasteiger partial charge in [-0.05, 0) is 35.7 Å². The smallest absolute Gasteiger partial charge is 0.185 e. The number of rotatable bonds is 3. The van der Waals surface area contributed by atoms with Crippen LogP contribution in [-0.2, 0) is 0 Å². The second-order valence-corrected chi connectivity index (χ2v) is 6.87. The molecule has 0 spiro atoms. The predicted molar refractivity (Wildman–Crippen MR) is 101 cm³/mol. The van der Waals surface area contributed by atoms with Gasteiger partial charge in [0.2, 0.25) is 0 Å². The van der Waals surface area contributed by atoms with Gasteiger partial charge in [0.1, 0.15) is 11.7 Å². The standard InChI is InChI=1S/C19H14FN5S/c20-14-5-2-1-4-12(14)18-23-19-13(17-21-9-10-22-17)7-8-15(25(19)24-18)16-6-3-11-26-16/h1-8,11H,9-10H2,(H,21,22). The number of halogens is 1. The number of nitrogens with one attached hydrogen (secondary N) is 1. The average molecular weight is 363 g/mol. The minimum atomic E-state index is -0.334. The van der Waals surface area contributed by atoms with Gasteiger partial charge in [0, 0.05) is 6.54 Å². The molecule has 5 nitrogen and oxygen atoms in total. The highest BCUT2D eigenvalue weighted by molar-refractivity contribution is 7.13. The van der Waals surface area contributed by atoms with Gasteiger partial charge in [-0.15, -0.1) is 16.4 Å². The minimum absolute atomic E-state index is 0.334. The van der Waals surface area contributed by atoms with E-state index in [2.05, 4.69) is 20.4 Å². The number of nitrogens with zero attached hydrogens (tertiary/aromatic N) is 4. The second kappa shape index (κ2) is 6.03. The summed E-state index contributed by atoms with van der Waals surface area (Å²) >= 11 is 1.63. The van der Waals surface area contributed by atoms with Crippen LogP contribution in [0.1, 0.15) is 5.56 Å². The van der Waals surface area contributed by atoms with E-state index >= 15 is 0 Å². The van der Waals surface area contributed by atoms with Crippen LogP contribution in [0.3, 0.4) is 0 Å². The van der Waals surface area contributed by atoms with Crippen LogP contribution in [0.25, 0.3) is 27.6 Å². The molecule has 1 aromatic carbocycles. The number of aromatic nitrogens is 3. The normalized spacial score (nSPS) is 13.8. The Hall–Kier alpha value is -3.06. The summed E-state index contributed by atoms with van der Waals surface area (Å²) in [5, 5.41) is 9.92. The first-order valence-corrected chi connectivity index (χ1v) is 9.16. The van der Waals surface area contributed by atoms with Crippen molar-refractivity contribution in [2.45, 2.75) is 0 Å². The fourth-order valence-corrected chi connectivity index (χ4v) is 3.83. The van der Waals surface area contributed by atoms with E-state index in [1.165, 1.54) is 6.07 Å². The van der Waals surface area contributed by atoms with Gasteiger partial charge in [0.15, 0.2) is 11.5 Å². The van der Waals surface area contributed by atoms with Crippen LogP contribution in [0.5, 0.6) is 0 Å². The third-order valence-electron chi connectivity index (χ3n) is 4.30. The van der Waals surface area contributed by atoms with Gasteiger partial charge in [-0.2, -0.15) is 0 Å². The maximum Gasteiger partial charge on any atom is 0.185 e. The molecule has 5 rings (SSSR count). The quantitative estimate of drug-likeness (QED) is 0.605. The predicted octanol–water partition coefficient (Wildman–Crippen LogP) is 3.61. The molecule has 26 heavy (non-hydrogen) atoms. The van der Waals surface area contributed by atoms with Crippen molar-refractivity contribution >= 4 is 22.8 Å². The first kappa shape index (κ1) is 15.2. The van der Waals surface area contributed by atoms with E-state index in [4.69, 9.17) is 0 Å². The molecule has 0 radical (unpaired) electrons. The lowest BCUT2D eigenvalue weighted by Gasteiger charge is -2.07. The highest BCUT2D eigenvalue weighted by Gasteiger charge is 2.20. The van der Waals surface area contributed by atoms with Crippen LogP contribution in [-0.4, -0.2) is 33.5 Å². The van der Waals surface area contributed by atoms with Gasteiger partial charge in [-0.3, -0.25) is 4.99 Å². The summed E-state index contributed by atoms with van der Waals surface area (Å²) in [6, 6.07) is 14.6. The molecule has 0 amide bonds. The van der Waals surface area contributed by atoms with Gasteiger partial charge in [-0.25, -0.2) is 13.9 Å². The third-order valence-corrected chi connectivity index (χ3v) is 5.19. The van der Waals surface area contributed by atoms with Crippen molar-refractivity contribution < 1.29 is 4.39 Å². The molecule has 0 saturated carbocycles. The van der Waals surface area contributed by atoms with Crippen LogP contribution in [0.2, 0.25) is 0 Å². The molecule has 1 aliphatic rings. The number of thiophene rings is 1. The van der Waals surface area contributed by atoms with Gasteiger partial charge >= 0.3 is 0 Å². The lowest BCUT2D eigenvalue weighted by molar-refractivity contribution is 0.630. The largest absolute Gasteiger partial charge is 0.368 e. The highest BCUT2D eigenvalue weighted by Crippen LogP contribution is 2.29. The van der Waals surface area contributed by atoms with Crippen molar-refractivity contribution in [3.63, 3.8) is 0 Å². The average Bonchev–Trinajstić information content (AvgIpc) is 3.41. The Morgan fingerprint density at radius 3 is 2.73 bits per heavy atom. The summed E-state index contributed by atoms with van der Waals surface area (Å²) in [7, 11) is 0. The molecule has 0 atom stereocenters. The SMILES string of the molecule is Fc1ccccc1-c1nc2c(C3=NCCN3)ccc(-c3cccs3)n2n1. The van der Waals surface area contributed by atoms with E-state index in [1.54, 1.807) is 34.1 Å². The fourth-order valence-electron chi connectivity index (χ4n) is 3.09. The van der Waals surface area contributed by atoms with E-state index in [-0.39, 0.29) is 5.82 Å². The monoisotopic (exact) mass is 363 g/mol. The summed E-state index contributed by atoms with van der Waals surface area (Å²) in [6.45, 7) is 1.55. The van der Waals surface area contributed by atoms with Gasteiger partial charge in [-0.1, -0.05) is 18.2 Å². The van der Waals surface area contributed by atoms with E-state index in [0.717, 1.165) is 35.1 Å². The Labute approximate surface area is 152 Å². The summed E-state index contributed by atoms with van der Waals surface area (Å²) in [4.78, 5) is 10.2. The Morgan fingerprint density at radius 1 is 1.04 bits per heavy atom. The molecule has 3 aromatic heterocycles. The number of amidine groups is 1. The number of benzene rings is 1. The molecule has 0 bridgehead atoms. The zero-order valence-corrected chi connectivity index (χ0v) is 14.5. The first-order chi connectivity index (χ1) is 12.8. The van der Waals surface area contributed by atoms with Crippen molar-refractivity contribution in [2.24, 2.45) is 4.99 Å². The molecular weight excluding hydrogens is 349 g/mol. The van der Waals surface area contributed by atoms with Crippen LogP contribution in [0.15, 0.2) is 58.9 Å². The third kappa shape index (κ3) is 2.40. The van der Waals surface area contributed by atoms with Gasteiger partial charge in [0.25, 0.3) is 0 Å².